The second-order valence-electron chi connectivity index (χ2n) is 11.5. The number of carbonyl (C=O) groups excluding carboxylic acids is 2. The Bertz CT molecular complexity index is 1720. The van der Waals surface area contributed by atoms with Gasteiger partial charge in [0.25, 0.3) is 10.0 Å². The second-order valence-corrected chi connectivity index (χ2v) is 13.8. The maximum Gasteiger partial charge on any atom is 0.264 e. The molecule has 0 spiro atoms. The van der Waals surface area contributed by atoms with Gasteiger partial charge in [-0.05, 0) is 54.3 Å². The van der Waals surface area contributed by atoms with E-state index in [1.807, 2.05) is 81.4 Å². The smallest absolute Gasteiger partial charge is 0.264 e. The fraction of sp³-hybridized carbons (Fsp3) is 0.278. The lowest BCUT2D eigenvalue weighted by Gasteiger charge is -2.34. The summed E-state index contributed by atoms with van der Waals surface area (Å²) in [5.74, 6) is -0.316. The van der Waals surface area contributed by atoms with Gasteiger partial charge < -0.3 is 15.0 Å². The second kappa shape index (κ2) is 15.8. The molecule has 0 fully saturated rings. The minimum atomic E-state index is -4.25. The van der Waals surface area contributed by atoms with Crippen LogP contribution in [0.25, 0.3) is 0 Å². The van der Waals surface area contributed by atoms with Crippen LogP contribution in [0.1, 0.15) is 30.5 Å². The van der Waals surface area contributed by atoms with Crippen molar-refractivity contribution in [2.45, 2.75) is 44.7 Å². The SMILES string of the molecule is COc1ccc(N(CC(=O)N(Cc2ccccc2)C(Cc2ccccc2)C(=O)NCC(C)C)S(=O)(=O)c2ccc(C)cc2)cc1Cl. The summed E-state index contributed by atoms with van der Waals surface area (Å²) in [7, 11) is -2.79. The number of nitrogens with one attached hydrogen (secondary N) is 1. The zero-order valence-corrected chi connectivity index (χ0v) is 28.1. The Labute approximate surface area is 277 Å². The van der Waals surface area contributed by atoms with E-state index in [1.54, 1.807) is 24.3 Å². The van der Waals surface area contributed by atoms with Crippen LogP contribution in [0.15, 0.2) is 108 Å². The molecule has 4 rings (SSSR count). The molecule has 0 bridgehead atoms. The van der Waals surface area contributed by atoms with Gasteiger partial charge >= 0.3 is 0 Å². The molecule has 0 heterocycles. The zero-order valence-electron chi connectivity index (χ0n) is 26.5. The molecule has 1 N–H and O–H groups in total. The third kappa shape index (κ3) is 8.89. The van der Waals surface area contributed by atoms with Crippen molar-refractivity contribution in [2.24, 2.45) is 5.92 Å². The molecule has 10 heteroatoms. The van der Waals surface area contributed by atoms with E-state index < -0.39 is 28.5 Å². The van der Waals surface area contributed by atoms with E-state index in [0.29, 0.717) is 12.3 Å². The van der Waals surface area contributed by atoms with E-state index in [0.717, 1.165) is 21.0 Å². The maximum absolute atomic E-state index is 14.5. The first-order valence-electron chi connectivity index (χ1n) is 15.1. The van der Waals surface area contributed by atoms with Crippen LogP contribution in [0, 0.1) is 12.8 Å². The van der Waals surface area contributed by atoms with Gasteiger partial charge in [0.05, 0.1) is 22.7 Å². The molecule has 0 aliphatic heterocycles. The highest BCUT2D eigenvalue weighted by atomic mass is 35.5. The Balaban J connectivity index is 1.81. The number of methoxy groups -OCH3 is 1. The largest absolute Gasteiger partial charge is 0.495 e. The van der Waals surface area contributed by atoms with Crippen LogP contribution in [-0.2, 0) is 32.6 Å². The van der Waals surface area contributed by atoms with Crippen LogP contribution in [0.4, 0.5) is 5.69 Å². The standard InChI is InChI=1S/C36H40ClN3O5S/c1-26(2)23-38-36(42)33(21-28-11-7-5-8-12-28)39(24-29-13-9-6-10-14-29)35(41)25-40(30-17-20-34(45-4)32(37)22-30)46(43,44)31-18-15-27(3)16-19-31/h5-20,22,26,33H,21,23-25H2,1-4H3,(H,38,42). The van der Waals surface area contributed by atoms with Crippen LogP contribution in [-0.4, -0.2) is 51.4 Å². The third-order valence-corrected chi connectivity index (χ3v) is 9.55. The molecular formula is C36H40ClN3O5S. The number of nitrogens with zero attached hydrogens (tertiary/aromatic N) is 2. The first-order valence-corrected chi connectivity index (χ1v) is 16.9. The van der Waals surface area contributed by atoms with Gasteiger partial charge in [-0.25, -0.2) is 8.42 Å². The predicted octanol–water partition coefficient (Wildman–Crippen LogP) is 6.26. The first-order chi connectivity index (χ1) is 22.0. The summed E-state index contributed by atoms with van der Waals surface area (Å²) in [6, 6.07) is 28.8. The Hall–Kier alpha value is -4.34. The van der Waals surface area contributed by atoms with E-state index in [2.05, 4.69) is 5.32 Å². The average Bonchev–Trinajstić information content (AvgIpc) is 3.05. The molecule has 46 heavy (non-hydrogen) atoms. The predicted molar refractivity (Wildman–Crippen MR) is 182 cm³/mol. The minimum Gasteiger partial charge on any atom is -0.495 e. The summed E-state index contributed by atoms with van der Waals surface area (Å²) in [6.07, 6.45) is 0.239. The number of hydrogen-bond donors (Lipinski definition) is 1. The number of ether oxygens (including phenoxy) is 1. The monoisotopic (exact) mass is 661 g/mol. The Morgan fingerprint density at radius 2 is 1.48 bits per heavy atom. The van der Waals surface area contributed by atoms with E-state index in [-0.39, 0.29) is 40.4 Å². The molecule has 0 radical (unpaired) electrons. The normalized spacial score (nSPS) is 12.0. The Morgan fingerprint density at radius 1 is 0.870 bits per heavy atom. The molecule has 0 saturated carbocycles. The molecule has 0 aliphatic carbocycles. The maximum atomic E-state index is 14.5. The fourth-order valence-electron chi connectivity index (χ4n) is 4.93. The van der Waals surface area contributed by atoms with E-state index in [4.69, 9.17) is 16.3 Å². The quantitative estimate of drug-likeness (QED) is 0.172. The highest BCUT2D eigenvalue weighted by Gasteiger charge is 2.35. The number of amides is 2. The van der Waals surface area contributed by atoms with Crippen molar-refractivity contribution in [3.8, 4) is 5.75 Å². The topological polar surface area (TPSA) is 96.0 Å². The summed E-state index contributed by atoms with van der Waals surface area (Å²) >= 11 is 6.44. The summed E-state index contributed by atoms with van der Waals surface area (Å²) in [6.45, 7) is 5.79. The van der Waals surface area contributed by atoms with Gasteiger partial charge in [0.1, 0.15) is 18.3 Å². The molecule has 2 amide bonds. The molecule has 0 aliphatic rings. The van der Waals surface area contributed by atoms with Gasteiger partial charge in [-0.1, -0.05) is 104 Å². The van der Waals surface area contributed by atoms with E-state index >= 15 is 0 Å². The van der Waals surface area contributed by atoms with Crippen LogP contribution >= 0.6 is 11.6 Å². The van der Waals surface area contributed by atoms with Gasteiger partial charge in [0, 0.05) is 19.5 Å². The van der Waals surface area contributed by atoms with Crippen LogP contribution in [0.3, 0.4) is 0 Å². The highest BCUT2D eigenvalue weighted by Crippen LogP contribution is 2.32. The van der Waals surface area contributed by atoms with Gasteiger partial charge in [-0.15, -0.1) is 0 Å². The van der Waals surface area contributed by atoms with Gasteiger partial charge in [-0.2, -0.15) is 0 Å². The molecule has 4 aromatic carbocycles. The van der Waals surface area contributed by atoms with Crippen molar-refractivity contribution in [2.75, 3.05) is 24.5 Å². The van der Waals surface area contributed by atoms with Crippen molar-refractivity contribution >= 4 is 39.1 Å². The number of benzene rings is 4. The number of sulfonamides is 1. The average molecular weight is 662 g/mol. The number of rotatable bonds is 14. The third-order valence-electron chi connectivity index (χ3n) is 7.46. The molecule has 0 saturated heterocycles. The lowest BCUT2D eigenvalue weighted by atomic mass is 10.0. The molecule has 242 valence electrons. The van der Waals surface area contributed by atoms with Crippen LogP contribution < -0.4 is 14.4 Å². The lowest BCUT2D eigenvalue weighted by Crippen LogP contribution is -2.53. The Kier molecular flexibility index (Phi) is 11.8. The highest BCUT2D eigenvalue weighted by molar-refractivity contribution is 7.92. The van der Waals surface area contributed by atoms with E-state index in [1.165, 1.54) is 30.2 Å². The van der Waals surface area contributed by atoms with Crippen LogP contribution in [0.5, 0.6) is 5.75 Å². The van der Waals surface area contributed by atoms with Crippen molar-refractivity contribution in [1.82, 2.24) is 10.2 Å². The van der Waals surface area contributed by atoms with Crippen molar-refractivity contribution < 1.29 is 22.7 Å². The number of carbonyl (C=O) groups is 2. The van der Waals surface area contributed by atoms with Gasteiger partial charge in [-0.3, -0.25) is 13.9 Å². The summed E-state index contributed by atoms with van der Waals surface area (Å²) in [5, 5.41) is 3.18. The number of anilines is 1. The van der Waals surface area contributed by atoms with Crippen molar-refractivity contribution in [3.05, 3.63) is 125 Å². The summed E-state index contributed by atoms with van der Waals surface area (Å²) in [4.78, 5) is 29.9. The molecular weight excluding hydrogens is 622 g/mol. The molecule has 4 aromatic rings. The van der Waals surface area contributed by atoms with Gasteiger partial charge in [0.15, 0.2) is 0 Å². The number of halogens is 1. The molecule has 8 nitrogen and oxygen atoms in total. The number of hydrogen-bond acceptors (Lipinski definition) is 5. The molecule has 1 atom stereocenters. The number of aryl methyl sites for hydroxylation is 1. The molecule has 0 aromatic heterocycles. The van der Waals surface area contributed by atoms with Crippen LogP contribution in [0.2, 0.25) is 5.02 Å². The van der Waals surface area contributed by atoms with Gasteiger partial charge in [0.2, 0.25) is 11.8 Å². The Morgan fingerprint density at radius 3 is 2.04 bits per heavy atom. The van der Waals surface area contributed by atoms with Crippen molar-refractivity contribution in [1.29, 1.82) is 0 Å². The fourth-order valence-corrected chi connectivity index (χ4v) is 6.59. The minimum absolute atomic E-state index is 0.0166. The summed E-state index contributed by atoms with van der Waals surface area (Å²) in [5.41, 5.74) is 2.73. The molecule has 1 unspecified atom stereocenters. The lowest BCUT2D eigenvalue weighted by molar-refractivity contribution is -0.140. The summed E-state index contributed by atoms with van der Waals surface area (Å²) < 4.78 is 34.7. The first kappa shape index (κ1) is 34.5. The zero-order chi connectivity index (χ0) is 33.3. The van der Waals surface area contributed by atoms with Crippen molar-refractivity contribution in [3.63, 3.8) is 0 Å². The van der Waals surface area contributed by atoms with E-state index in [9.17, 15) is 18.0 Å².